The van der Waals surface area contributed by atoms with Crippen LogP contribution in [0.2, 0.25) is 0 Å². The van der Waals surface area contributed by atoms with Gasteiger partial charge in [0.05, 0.1) is 4.90 Å². The highest BCUT2D eigenvalue weighted by molar-refractivity contribution is 7.89. The van der Waals surface area contributed by atoms with Crippen LogP contribution in [0.3, 0.4) is 0 Å². The number of piperidine rings is 1. The number of nitrogens with zero attached hydrogens (tertiary/aromatic N) is 1. The highest BCUT2D eigenvalue weighted by Gasteiger charge is 2.23. The number of hydrogen-bond acceptors (Lipinski definition) is 4. The molecule has 1 aromatic rings. The van der Waals surface area contributed by atoms with Crippen LogP contribution < -0.4 is 10.0 Å². The van der Waals surface area contributed by atoms with E-state index in [1.165, 1.54) is 0 Å². The summed E-state index contributed by atoms with van der Waals surface area (Å²) in [6.45, 7) is 2.62. The molecule has 0 radical (unpaired) electrons. The maximum Gasteiger partial charge on any atom is 0.240 e. The number of likely N-dealkylation sites (tertiary alicyclic amines) is 1. The van der Waals surface area contributed by atoms with Gasteiger partial charge in [0, 0.05) is 12.6 Å². The molecule has 0 unspecified atom stereocenters. The Labute approximate surface area is 121 Å². The van der Waals surface area contributed by atoms with Gasteiger partial charge in [0.2, 0.25) is 10.0 Å². The molecular weight excluding hydrogens is 274 g/mol. The molecule has 0 amide bonds. The predicted molar refractivity (Wildman–Crippen MR) is 80.0 cm³/mol. The van der Waals surface area contributed by atoms with Gasteiger partial charge in [0.15, 0.2) is 0 Å². The quantitative estimate of drug-likeness (QED) is 0.843. The third-order valence-electron chi connectivity index (χ3n) is 3.65. The van der Waals surface area contributed by atoms with Crippen molar-refractivity contribution < 1.29 is 8.42 Å². The molecule has 1 aromatic carbocycles. The molecule has 112 valence electrons. The normalized spacial score (nSPS) is 18.3. The first kappa shape index (κ1) is 15.4. The minimum atomic E-state index is -3.40. The Bertz CT molecular complexity index is 520. The highest BCUT2D eigenvalue weighted by Crippen LogP contribution is 2.15. The standard InChI is InChI=1S/C14H23N3O2S/c1-15-11-12-3-5-14(6-4-12)20(18,19)16-13-7-9-17(2)10-8-13/h3-6,13,15-16H,7-11H2,1-2H3. The molecule has 1 aliphatic heterocycles. The van der Waals surface area contributed by atoms with Gasteiger partial charge in [-0.15, -0.1) is 0 Å². The fraction of sp³-hybridized carbons (Fsp3) is 0.571. The molecule has 20 heavy (non-hydrogen) atoms. The summed E-state index contributed by atoms with van der Waals surface area (Å²) in [5.41, 5.74) is 1.07. The molecule has 1 saturated heterocycles. The van der Waals surface area contributed by atoms with Crippen LogP contribution in [0.5, 0.6) is 0 Å². The second-order valence-electron chi connectivity index (χ2n) is 5.37. The lowest BCUT2D eigenvalue weighted by molar-refractivity contribution is 0.248. The summed E-state index contributed by atoms with van der Waals surface area (Å²) < 4.78 is 27.4. The van der Waals surface area contributed by atoms with Gasteiger partial charge in [0.1, 0.15) is 0 Å². The van der Waals surface area contributed by atoms with Crippen LogP contribution in [0.4, 0.5) is 0 Å². The van der Waals surface area contributed by atoms with Gasteiger partial charge in [-0.3, -0.25) is 0 Å². The van der Waals surface area contributed by atoms with E-state index in [0.29, 0.717) is 4.90 Å². The smallest absolute Gasteiger partial charge is 0.240 e. The predicted octanol–water partition coefficient (Wildman–Crippen LogP) is 0.779. The zero-order valence-electron chi connectivity index (χ0n) is 12.1. The largest absolute Gasteiger partial charge is 0.316 e. The number of rotatable bonds is 5. The molecule has 6 heteroatoms. The van der Waals surface area contributed by atoms with Gasteiger partial charge >= 0.3 is 0 Å². The third kappa shape index (κ3) is 4.02. The topological polar surface area (TPSA) is 61.4 Å². The second-order valence-corrected chi connectivity index (χ2v) is 7.09. The molecule has 0 bridgehead atoms. The van der Waals surface area contributed by atoms with E-state index in [0.717, 1.165) is 38.0 Å². The zero-order valence-corrected chi connectivity index (χ0v) is 12.9. The van der Waals surface area contributed by atoms with Crippen LogP contribution in [0.25, 0.3) is 0 Å². The van der Waals surface area contributed by atoms with Gasteiger partial charge in [-0.25, -0.2) is 13.1 Å². The number of benzene rings is 1. The van der Waals surface area contributed by atoms with E-state index in [2.05, 4.69) is 22.0 Å². The zero-order chi connectivity index (χ0) is 14.6. The van der Waals surface area contributed by atoms with E-state index in [-0.39, 0.29) is 6.04 Å². The summed E-state index contributed by atoms with van der Waals surface area (Å²) in [5.74, 6) is 0. The molecule has 5 nitrogen and oxygen atoms in total. The van der Waals surface area contributed by atoms with E-state index in [1.54, 1.807) is 12.1 Å². The summed E-state index contributed by atoms with van der Waals surface area (Å²) in [6.07, 6.45) is 1.74. The van der Waals surface area contributed by atoms with Crippen molar-refractivity contribution in [2.24, 2.45) is 0 Å². The van der Waals surface area contributed by atoms with Crippen molar-refractivity contribution in [2.45, 2.75) is 30.3 Å². The van der Waals surface area contributed by atoms with Crippen molar-refractivity contribution in [3.8, 4) is 0 Å². The Morgan fingerprint density at radius 2 is 1.80 bits per heavy atom. The lowest BCUT2D eigenvalue weighted by Crippen LogP contribution is -2.43. The van der Waals surface area contributed by atoms with E-state index >= 15 is 0 Å². The molecule has 0 saturated carbocycles. The third-order valence-corrected chi connectivity index (χ3v) is 5.19. The molecule has 1 fully saturated rings. The van der Waals surface area contributed by atoms with Crippen LogP contribution in [0.1, 0.15) is 18.4 Å². The number of nitrogens with one attached hydrogen (secondary N) is 2. The van der Waals surface area contributed by atoms with E-state index in [9.17, 15) is 8.42 Å². The summed E-state index contributed by atoms with van der Waals surface area (Å²) in [4.78, 5) is 2.56. The highest BCUT2D eigenvalue weighted by atomic mass is 32.2. The number of sulfonamides is 1. The first-order valence-electron chi connectivity index (χ1n) is 6.95. The van der Waals surface area contributed by atoms with Gasteiger partial charge in [-0.2, -0.15) is 0 Å². The monoisotopic (exact) mass is 297 g/mol. The molecule has 0 spiro atoms. The van der Waals surface area contributed by atoms with E-state index < -0.39 is 10.0 Å². The summed E-state index contributed by atoms with van der Waals surface area (Å²) in [7, 11) is 0.530. The average molecular weight is 297 g/mol. The van der Waals surface area contributed by atoms with Crippen LogP contribution >= 0.6 is 0 Å². The molecule has 0 atom stereocenters. The first-order chi connectivity index (χ1) is 9.51. The van der Waals surface area contributed by atoms with Gasteiger partial charge in [0.25, 0.3) is 0 Å². The Morgan fingerprint density at radius 3 is 2.35 bits per heavy atom. The SMILES string of the molecule is CNCc1ccc(S(=O)(=O)NC2CCN(C)CC2)cc1. The Hall–Kier alpha value is -0.950. The molecule has 1 heterocycles. The lowest BCUT2D eigenvalue weighted by atomic mass is 10.1. The Morgan fingerprint density at radius 1 is 1.20 bits per heavy atom. The van der Waals surface area contributed by atoms with Crippen molar-refractivity contribution >= 4 is 10.0 Å². The minimum absolute atomic E-state index is 0.0492. The molecule has 2 N–H and O–H groups in total. The number of hydrogen-bond donors (Lipinski definition) is 2. The van der Waals surface area contributed by atoms with Crippen LogP contribution in [0, 0.1) is 0 Å². The minimum Gasteiger partial charge on any atom is -0.316 e. The first-order valence-corrected chi connectivity index (χ1v) is 8.44. The van der Waals surface area contributed by atoms with Crippen LogP contribution in [0.15, 0.2) is 29.2 Å². The Balaban J connectivity index is 2.02. The molecule has 1 aliphatic rings. The molecule has 2 rings (SSSR count). The van der Waals surface area contributed by atoms with Crippen LogP contribution in [-0.4, -0.2) is 46.5 Å². The summed E-state index contributed by atoms with van der Waals surface area (Å²) >= 11 is 0. The maximum atomic E-state index is 12.3. The summed E-state index contributed by atoms with van der Waals surface area (Å²) in [5, 5.41) is 3.04. The average Bonchev–Trinajstić information content (AvgIpc) is 2.42. The van der Waals surface area contributed by atoms with Gasteiger partial charge in [-0.05, 0) is 57.7 Å². The maximum absolute atomic E-state index is 12.3. The van der Waals surface area contributed by atoms with Crippen LogP contribution in [-0.2, 0) is 16.6 Å². The van der Waals surface area contributed by atoms with Gasteiger partial charge in [-0.1, -0.05) is 12.1 Å². The van der Waals surface area contributed by atoms with Gasteiger partial charge < -0.3 is 10.2 Å². The second kappa shape index (κ2) is 6.67. The summed E-state index contributed by atoms with van der Waals surface area (Å²) in [6, 6.07) is 7.08. The molecule has 0 aliphatic carbocycles. The Kier molecular flexibility index (Phi) is 5.15. The fourth-order valence-corrected chi connectivity index (χ4v) is 3.71. The van der Waals surface area contributed by atoms with Crippen molar-refractivity contribution in [3.05, 3.63) is 29.8 Å². The van der Waals surface area contributed by atoms with Crippen molar-refractivity contribution in [1.82, 2.24) is 14.9 Å². The van der Waals surface area contributed by atoms with Crippen molar-refractivity contribution in [3.63, 3.8) is 0 Å². The molecular formula is C14H23N3O2S. The van der Waals surface area contributed by atoms with Crippen molar-refractivity contribution in [1.29, 1.82) is 0 Å². The molecule has 0 aromatic heterocycles. The fourth-order valence-electron chi connectivity index (χ4n) is 2.40. The van der Waals surface area contributed by atoms with E-state index in [4.69, 9.17) is 0 Å². The van der Waals surface area contributed by atoms with Crippen molar-refractivity contribution in [2.75, 3.05) is 27.2 Å². The lowest BCUT2D eigenvalue weighted by Gasteiger charge is -2.29. The van der Waals surface area contributed by atoms with E-state index in [1.807, 2.05) is 19.2 Å².